The first-order chi connectivity index (χ1) is 22.3. The average molecular weight is 638 g/mol. The Morgan fingerprint density at radius 2 is 1.28 bits per heavy atom. The minimum Gasteiger partial charge on any atom is -0.484 e. The molecular weight excluding hydrogens is 605 g/mol. The van der Waals surface area contributed by atoms with Crippen LogP contribution in [0.25, 0.3) is 0 Å². The first-order valence-corrected chi connectivity index (χ1v) is 16.0. The van der Waals surface area contributed by atoms with Crippen LogP contribution in [0, 0.1) is 5.82 Å². The van der Waals surface area contributed by atoms with Crippen molar-refractivity contribution in [2.75, 3.05) is 11.3 Å². The van der Waals surface area contributed by atoms with E-state index in [9.17, 15) is 22.4 Å². The summed E-state index contributed by atoms with van der Waals surface area (Å²) >= 11 is 0. The fourth-order valence-electron chi connectivity index (χ4n) is 4.77. The Morgan fingerprint density at radius 1 is 0.717 bits per heavy atom. The van der Waals surface area contributed by atoms with E-state index in [0.29, 0.717) is 5.56 Å². The van der Waals surface area contributed by atoms with Crippen molar-refractivity contribution >= 4 is 27.5 Å². The van der Waals surface area contributed by atoms with Gasteiger partial charge in [-0.05, 0) is 65.2 Å². The van der Waals surface area contributed by atoms with Gasteiger partial charge in [-0.2, -0.15) is 0 Å². The van der Waals surface area contributed by atoms with Gasteiger partial charge in [0.05, 0.1) is 4.90 Å². The van der Waals surface area contributed by atoms with Gasteiger partial charge < -0.3 is 15.0 Å². The van der Waals surface area contributed by atoms with Crippen molar-refractivity contribution in [3.8, 4) is 5.75 Å². The van der Waals surface area contributed by atoms with E-state index in [1.54, 1.807) is 12.1 Å². The van der Waals surface area contributed by atoms with Gasteiger partial charge >= 0.3 is 0 Å². The molecule has 46 heavy (non-hydrogen) atoms. The monoisotopic (exact) mass is 637 g/mol. The van der Waals surface area contributed by atoms with E-state index in [1.807, 2.05) is 78.9 Å². The molecule has 0 spiro atoms. The molecule has 0 heterocycles. The van der Waals surface area contributed by atoms with Gasteiger partial charge in [0.25, 0.3) is 15.9 Å². The van der Waals surface area contributed by atoms with Crippen molar-refractivity contribution in [2.45, 2.75) is 24.0 Å². The predicted octanol–water partition coefficient (Wildman–Crippen LogP) is 6.09. The van der Waals surface area contributed by atoms with Gasteiger partial charge in [-0.1, -0.05) is 91.0 Å². The van der Waals surface area contributed by atoms with E-state index in [2.05, 4.69) is 10.0 Å². The van der Waals surface area contributed by atoms with Crippen LogP contribution in [-0.4, -0.2) is 31.7 Å². The van der Waals surface area contributed by atoms with Crippen LogP contribution < -0.4 is 14.8 Å². The summed E-state index contributed by atoms with van der Waals surface area (Å²) in [6.45, 7) is 0.0355. The number of rotatable bonds is 13. The number of ether oxygens (including phenoxy) is 1. The van der Waals surface area contributed by atoms with E-state index < -0.39 is 34.4 Å². The highest BCUT2D eigenvalue weighted by molar-refractivity contribution is 7.92. The van der Waals surface area contributed by atoms with E-state index in [-0.39, 0.29) is 35.3 Å². The fourth-order valence-corrected chi connectivity index (χ4v) is 5.83. The summed E-state index contributed by atoms with van der Waals surface area (Å²) in [6, 6.07) is 37.5. The molecule has 8 nitrogen and oxygen atoms in total. The maximum Gasteiger partial charge on any atom is 0.261 e. The van der Waals surface area contributed by atoms with Gasteiger partial charge in [-0.3, -0.25) is 14.3 Å². The SMILES string of the molecule is O=C(NCc1ccccc1)[C@@H](c1ccccc1)N(Cc1ccccc1)C(=O)COc1ccc(S(=O)(=O)Nc2ccc(F)cc2)cc1. The second-order valence-corrected chi connectivity index (χ2v) is 12.1. The van der Waals surface area contributed by atoms with Crippen LogP contribution in [0.3, 0.4) is 0 Å². The summed E-state index contributed by atoms with van der Waals surface area (Å²) in [4.78, 5) is 29.1. The number of anilines is 1. The number of halogens is 1. The number of benzene rings is 5. The number of sulfonamides is 1. The minimum atomic E-state index is -3.95. The lowest BCUT2D eigenvalue weighted by Crippen LogP contribution is -2.45. The van der Waals surface area contributed by atoms with Crippen LogP contribution in [0.2, 0.25) is 0 Å². The Kier molecular flexibility index (Phi) is 10.4. The van der Waals surface area contributed by atoms with Crippen LogP contribution >= 0.6 is 0 Å². The van der Waals surface area contributed by atoms with E-state index >= 15 is 0 Å². The van der Waals surface area contributed by atoms with Crippen molar-refractivity contribution in [3.05, 3.63) is 162 Å². The molecule has 5 aromatic rings. The molecule has 0 saturated carbocycles. The Balaban J connectivity index is 1.34. The van der Waals surface area contributed by atoms with Gasteiger partial charge in [0.1, 0.15) is 17.6 Å². The van der Waals surface area contributed by atoms with Crippen molar-refractivity contribution < 1.29 is 27.1 Å². The van der Waals surface area contributed by atoms with Crippen LogP contribution in [-0.2, 0) is 32.7 Å². The van der Waals surface area contributed by atoms with Crippen molar-refractivity contribution in [1.29, 1.82) is 0 Å². The molecule has 234 valence electrons. The quantitative estimate of drug-likeness (QED) is 0.163. The highest BCUT2D eigenvalue weighted by Gasteiger charge is 2.32. The number of hydrogen-bond donors (Lipinski definition) is 2. The molecule has 0 aromatic heterocycles. The fraction of sp³-hybridized carbons (Fsp3) is 0.111. The topological polar surface area (TPSA) is 105 Å². The summed E-state index contributed by atoms with van der Waals surface area (Å²) in [5.74, 6) is -1.01. The Bertz CT molecular complexity index is 1840. The molecule has 0 bridgehead atoms. The number of hydrogen-bond acceptors (Lipinski definition) is 5. The molecule has 0 fully saturated rings. The Hall–Kier alpha value is -5.48. The van der Waals surface area contributed by atoms with Gasteiger partial charge in [-0.25, -0.2) is 12.8 Å². The average Bonchev–Trinajstić information content (AvgIpc) is 3.08. The molecule has 10 heteroatoms. The summed E-state index contributed by atoms with van der Waals surface area (Å²) in [5, 5.41) is 2.98. The highest BCUT2D eigenvalue weighted by atomic mass is 32.2. The maximum atomic E-state index is 13.9. The number of carbonyl (C=O) groups is 2. The normalized spacial score (nSPS) is 11.7. The van der Waals surface area contributed by atoms with Crippen LogP contribution in [0.1, 0.15) is 22.7 Å². The predicted molar refractivity (Wildman–Crippen MR) is 174 cm³/mol. The smallest absolute Gasteiger partial charge is 0.261 e. The highest BCUT2D eigenvalue weighted by Crippen LogP contribution is 2.25. The molecule has 5 aromatic carbocycles. The number of nitrogens with zero attached hydrogens (tertiary/aromatic N) is 1. The molecule has 1 atom stereocenters. The molecular formula is C36H32FN3O5S. The van der Waals surface area contributed by atoms with Gasteiger partial charge in [-0.15, -0.1) is 0 Å². The molecule has 2 N–H and O–H groups in total. The number of carbonyl (C=O) groups excluding carboxylic acids is 2. The minimum absolute atomic E-state index is 0.0413. The summed E-state index contributed by atoms with van der Waals surface area (Å²) in [7, 11) is -3.95. The van der Waals surface area contributed by atoms with Gasteiger partial charge in [0.15, 0.2) is 6.61 Å². The van der Waals surface area contributed by atoms with E-state index in [0.717, 1.165) is 23.3 Å². The molecule has 0 saturated heterocycles. The zero-order valence-electron chi connectivity index (χ0n) is 24.8. The molecule has 5 rings (SSSR count). The van der Waals surface area contributed by atoms with Crippen molar-refractivity contribution in [2.24, 2.45) is 0 Å². The maximum absolute atomic E-state index is 13.9. The zero-order chi connectivity index (χ0) is 32.4. The first-order valence-electron chi connectivity index (χ1n) is 14.5. The molecule has 2 amide bonds. The van der Waals surface area contributed by atoms with E-state index in [4.69, 9.17) is 4.74 Å². The van der Waals surface area contributed by atoms with Crippen LogP contribution in [0.5, 0.6) is 5.75 Å². The second kappa shape index (κ2) is 15.0. The van der Waals surface area contributed by atoms with Crippen LogP contribution in [0.15, 0.2) is 144 Å². The second-order valence-electron chi connectivity index (χ2n) is 10.4. The summed E-state index contributed by atoms with van der Waals surface area (Å²) < 4.78 is 47.0. The molecule has 0 unspecified atom stereocenters. The molecule has 0 radical (unpaired) electrons. The lowest BCUT2D eigenvalue weighted by Gasteiger charge is -2.31. The molecule has 0 aliphatic carbocycles. The third kappa shape index (κ3) is 8.58. The Labute approximate surface area is 267 Å². The van der Waals surface area contributed by atoms with E-state index in [1.165, 1.54) is 41.3 Å². The van der Waals surface area contributed by atoms with Crippen molar-refractivity contribution in [3.63, 3.8) is 0 Å². The first kappa shape index (κ1) is 31.9. The third-order valence-electron chi connectivity index (χ3n) is 7.09. The Morgan fingerprint density at radius 3 is 1.89 bits per heavy atom. The number of amides is 2. The lowest BCUT2D eigenvalue weighted by atomic mass is 10.0. The largest absolute Gasteiger partial charge is 0.484 e. The number of nitrogens with one attached hydrogen (secondary N) is 2. The summed E-state index contributed by atoms with van der Waals surface area (Å²) in [6.07, 6.45) is 0. The van der Waals surface area contributed by atoms with Crippen LogP contribution in [0.4, 0.5) is 10.1 Å². The van der Waals surface area contributed by atoms with Gasteiger partial charge in [0, 0.05) is 18.8 Å². The third-order valence-corrected chi connectivity index (χ3v) is 8.49. The lowest BCUT2D eigenvalue weighted by molar-refractivity contribution is -0.143. The molecule has 0 aliphatic heterocycles. The van der Waals surface area contributed by atoms with Crippen molar-refractivity contribution in [1.82, 2.24) is 10.2 Å². The summed E-state index contributed by atoms with van der Waals surface area (Å²) in [5.41, 5.74) is 2.60. The molecule has 0 aliphatic rings. The zero-order valence-corrected chi connectivity index (χ0v) is 25.6. The standard InChI is InChI=1S/C36H32FN3O5S/c37-30-16-18-31(19-17-30)39-46(43,44)33-22-20-32(21-23-33)45-26-34(41)40(25-28-12-6-2-7-13-28)35(29-14-8-3-9-15-29)36(42)38-24-27-10-4-1-5-11-27/h1-23,35,39H,24-26H2,(H,38,42)/t35-/m1/s1. The van der Waals surface area contributed by atoms with Gasteiger partial charge in [0.2, 0.25) is 5.91 Å².